The third kappa shape index (κ3) is 6.15. The van der Waals surface area contributed by atoms with E-state index in [2.05, 4.69) is 236 Å². The molecule has 0 N–H and O–H groups in total. The first-order chi connectivity index (χ1) is 37.6. The van der Waals surface area contributed by atoms with E-state index >= 15 is 0 Å². The second-order valence-electron chi connectivity index (χ2n) is 19.6. The summed E-state index contributed by atoms with van der Waals surface area (Å²) in [4.78, 5) is 4.63. The molecule has 3 aliphatic rings. The molecule has 72 heavy (non-hydrogen) atoms. The standard InChI is InChI=1S/C70H50N2/c1-69(2)61-33-17-12-30-55(61)58-41-38-50(44-64(58)69)72(68-37-21-16-29-54(68)48-24-8-4-9-25-48)52-40-43-60-57-32-14-19-35-63(57)70(66(60)46-52)62-34-18-13-31-56(62)59-42-39-51(45-65(59)70)71(49-26-10-5-11-27-49)67-36-20-15-28-53(67)47-22-6-3-7-23-47/h3-46H,1-2H3/i4D,8D,9D,24D,25D. The molecule has 1 unspecified atom stereocenters. The maximum atomic E-state index is 9.29. The Morgan fingerprint density at radius 3 is 1.21 bits per heavy atom. The molecule has 14 rings (SSSR count). The van der Waals surface area contributed by atoms with Crippen molar-refractivity contribution in [2.75, 3.05) is 9.80 Å². The molecular formula is C70H50N2. The predicted molar refractivity (Wildman–Crippen MR) is 301 cm³/mol. The van der Waals surface area contributed by atoms with Crippen molar-refractivity contribution in [2.24, 2.45) is 0 Å². The number of hydrogen-bond donors (Lipinski definition) is 0. The Morgan fingerprint density at radius 2 is 0.667 bits per heavy atom. The van der Waals surface area contributed by atoms with Gasteiger partial charge in [0.05, 0.1) is 23.6 Å². The summed E-state index contributed by atoms with van der Waals surface area (Å²) in [6.45, 7) is 4.57. The van der Waals surface area contributed by atoms with Crippen molar-refractivity contribution < 1.29 is 6.85 Å². The summed E-state index contributed by atoms with van der Waals surface area (Å²) in [6, 6.07) is 82.9. The Kier molecular flexibility index (Phi) is 8.36. The number of benzene rings is 11. The topological polar surface area (TPSA) is 6.48 Å². The van der Waals surface area contributed by atoms with Gasteiger partial charge in [0, 0.05) is 39.3 Å². The maximum Gasteiger partial charge on any atom is 0.0727 e. The van der Waals surface area contributed by atoms with Crippen LogP contribution in [0.25, 0.3) is 55.6 Å². The Labute approximate surface area is 429 Å². The van der Waals surface area contributed by atoms with Crippen molar-refractivity contribution >= 4 is 34.1 Å². The highest BCUT2D eigenvalue weighted by atomic mass is 15.2. The minimum Gasteiger partial charge on any atom is -0.310 e. The molecule has 2 nitrogen and oxygen atoms in total. The molecule has 0 radical (unpaired) electrons. The molecule has 0 aliphatic heterocycles. The number of rotatable bonds is 8. The molecule has 11 aromatic carbocycles. The van der Waals surface area contributed by atoms with Crippen LogP contribution in [0.2, 0.25) is 0 Å². The van der Waals surface area contributed by atoms with Gasteiger partial charge in [-0.05, 0) is 139 Å². The lowest BCUT2D eigenvalue weighted by molar-refractivity contribution is 0.660. The fourth-order valence-electron chi connectivity index (χ4n) is 12.5. The van der Waals surface area contributed by atoms with Crippen LogP contribution < -0.4 is 9.80 Å². The zero-order valence-corrected chi connectivity index (χ0v) is 39.9. The largest absolute Gasteiger partial charge is 0.310 e. The average Bonchev–Trinajstić information content (AvgIpc) is 4.26. The van der Waals surface area contributed by atoms with Crippen LogP contribution in [0.5, 0.6) is 0 Å². The molecule has 340 valence electrons. The van der Waals surface area contributed by atoms with E-state index < -0.39 is 11.5 Å². The first-order valence-electron chi connectivity index (χ1n) is 27.3. The molecule has 0 aromatic heterocycles. The molecule has 0 saturated heterocycles. The Balaban J connectivity index is 1.04. The third-order valence-corrected chi connectivity index (χ3v) is 15.6. The Morgan fingerprint density at radius 1 is 0.292 bits per heavy atom. The van der Waals surface area contributed by atoms with Crippen LogP contribution >= 0.6 is 0 Å². The number of fused-ring (bicyclic) bond motifs is 13. The van der Waals surface area contributed by atoms with E-state index in [1.54, 1.807) is 0 Å². The van der Waals surface area contributed by atoms with Crippen molar-refractivity contribution in [1.29, 1.82) is 0 Å². The lowest BCUT2D eigenvalue weighted by Gasteiger charge is -2.34. The smallest absolute Gasteiger partial charge is 0.0727 e. The van der Waals surface area contributed by atoms with Crippen molar-refractivity contribution in [2.45, 2.75) is 24.7 Å². The van der Waals surface area contributed by atoms with Gasteiger partial charge in [-0.1, -0.05) is 220 Å². The molecule has 0 saturated carbocycles. The summed E-state index contributed by atoms with van der Waals surface area (Å²) in [5.41, 5.74) is 21.7. The van der Waals surface area contributed by atoms with Gasteiger partial charge in [0.1, 0.15) is 0 Å². The zero-order chi connectivity index (χ0) is 52.3. The van der Waals surface area contributed by atoms with Crippen LogP contribution in [0.1, 0.15) is 54.1 Å². The molecule has 0 fully saturated rings. The van der Waals surface area contributed by atoms with Crippen LogP contribution in [0, 0.1) is 0 Å². The van der Waals surface area contributed by atoms with Gasteiger partial charge in [0.2, 0.25) is 0 Å². The molecule has 2 heteroatoms. The van der Waals surface area contributed by atoms with E-state index in [0.717, 1.165) is 50.7 Å². The van der Waals surface area contributed by atoms with Crippen molar-refractivity contribution in [3.8, 4) is 55.6 Å². The second kappa shape index (κ2) is 16.3. The van der Waals surface area contributed by atoms with Crippen LogP contribution in [-0.2, 0) is 10.8 Å². The number of hydrogen-bond acceptors (Lipinski definition) is 2. The van der Waals surface area contributed by atoms with E-state index in [9.17, 15) is 2.74 Å². The Bertz CT molecular complexity index is 4180. The summed E-state index contributed by atoms with van der Waals surface area (Å²) in [7, 11) is 0. The van der Waals surface area contributed by atoms with Gasteiger partial charge in [0.15, 0.2) is 0 Å². The first kappa shape index (κ1) is 36.9. The van der Waals surface area contributed by atoms with Gasteiger partial charge in [-0.3, -0.25) is 0 Å². The molecule has 1 spiro atoms. The fraction of sp³-hybridized carbons (Fsp3) is 0.0571. The van der Waals surface area contributed by atoms with Gasteiger partial charge in [-0.15, -0.1) is 0 Å². The van der Waals surface area contributed by atoms with E-state index in [-0.39, 0.29) is 35.1 Å². The molecule has 0 amide bonds. The molecule has 0 heterocycles. The average molecular weight is 924 g/mol. The van der Waals surface area contributed by atoms with Crippen LogP contribution in [0.3, 0.4) is 0 Å². The predicted octanol–water partition coefficient (Wildman–Crippen LogP) is 18.6. The summed E-state index contributed by atoms with van der Waals surface area (Å²) < 4.78 is 44.7. The van der Waals surface area contributed by atoms with Crippen LogP contribution in [-0.4, -0.2) is 0 Å². The number of anilines is 6. The lowest BCUT2D eigenvalue weighted by Crippen LogP contribution is -2.26. The summed E-state index contributed by atoms with van der Waals surface area (Å²) >= 11 is 0. The molecule has 1 atom stereocenters. The highest BCUT2D eigenvalue weighted by Gasteiger charge is 2.52. The van der Waals surface area contributed by atoms with Gasteiger partial charge >= 0.3 is 0 Å². The van der Waals surface area contributed by atoms with E-state index in [1.807, 2.05) is 24.3 Å². The minimum atomic E-state index is -0.759. The third-order valence-electron chi connectivity index (χ3n) is 15.6. The normalized spacial score (nSPS) is 15.9. The molecule has 3 aliphatic carbocycles. The molecule has 11 aromatic rings. The van der Waals surface area contributed by atoms with Gasteiger partial charge in [0.25, 0.3) is 0 Å². The van der Waals surface area contributed by atoms with E-state index in [1.165, 1.54) is 55.6 Å². The quantitative estimate of drug-likeness (QED) is 0.150. The first-order valence-corrected chi connectivity index (χ1v) is 24.8. The second-order valence-corrected chi connectivity index (χ2v) is 19.6. The zero-order valence-electron chi connectivity index (χ0n) is 44.9. The number of para-hydroxylation sites is 3. The highest BCUT2D eigenvalue weighted by molar-refractivity contribution is 5.99. The summed E-state index contributed by atoms with van der Waals surface area (Å²) in [5, 5.41) is 0. The molecule has 0 bridgehead atoms. The van der Waals surface area contributed by atoms with E-state index in [4.69, 9.17) is 4.11 Å². The SMILES string of the molecule is [2H]c1c([2H])c([2H])c(-c2ccccc2N(c2ccc3c(c2)C(C)(C)c2ccccc2-3)c2ccc3c(c2)C2(c4ccccc4-c4ccc(N(c5ccccc5)c5ccccc5-c5ccccc5)cc42)c2ccccc2-3)c([2H])c1[2H]. The fourth-order valence-corrected chi connectivity index (χ4v) is 12.5. The monoisotopic (exact) mass is 923 g/mol. The van der Waals surface area contributed by atoms with Crippen molar-refractivity contribution in [3.05, 3.63) is 300 Å². The highest BCUT2D eigenvalue weighted by Crippen LogP contribution is 2.64. The maximum absolute atomic E-state index is 9.29. The van der Waals surface area contributed by atoms with Gasteiger partial charge in [-0.25, -0.2) is 0 Å². The summed E-state index contributed by atoms with van der Waals surface area (Å²) in [5.74, 6) is 0. The van der Waals surface area contributed by atoms with Gasteiger partial charge in [-0.2, -0.15) is 0 Å². The van der Waals surface area contributed by atoms with Crippen molar-refractivity contribution in [3.63, 3.8) is 0 Å². The number of nitrogens with zero attached hydrogens (tertiary/aromatic N) is 2. The van der Waals surface area contributed by atoms with Gasteiger partial charge < -0.3 is 9.80 Å². The lowest BCUT2D eigenvalue weighted by atomic mass is 9.70. The Hall–Kier alpha value is -8.98. The van der Waals surface area contributed by atoms with E-state index in [0.29, 0.717) is 11.3 Å². The van der Waals surface area contributed by atoms with Crippen molar-refractivity contribution in [1.82, 2.24) is 0 Å². The summed E-state index contributed by atoms with van der Waals surface area (Å²) in [6.07, 6.45) is 0. The van der Waals surface area contributed by atoms with Crippen LogP contribution in [0.4, 0.5) is 34.1 Å². The van der Waals surface area contributed by atoms with Crippen LogP contribution in [0.15, 0.2) is 267 Å². The minimum absolute atomic E-state index is 0.151. The molecular weight excluding hydrogens is 869 g/mol.